The normalized spacial score (nSPS) is 23.2. The van der Waals surface area contributed by atoms with Gasteiger partial charge in [-0.25, -0.2) is 4.79 Å². The van der Waals surface area contributed by atoms with Gasteiger partial charge in [-0.2, -0.15) is 67.3 Å². The molecule has 7 aliphatic carbocycles. The number of aromatic nitrogens is 1. The van der Waals surface area contributed by atoms with Crippen molar-refractivity contribution in [2.24, 2.45) is 53.3 Å². The van der Waals surface area contributed by atoms with E-state index in [4.69, 9.17) is 51.7 Å². The predicted octanol–water partition coefficient (Wildman–Crippen LogP) is 5.27. The average Bonchev–Trinajstić information content (AvgIpc) is 1.33. The van der Waals surface area contributed by atoms with Crippen LogP contribution in [0.2, 0.25) is 0 Å². The molecule has 0 amide bonds. The molecule has 6 bridgehead atoms. The third-order valence-corrected chi connectivity index (χ3v) is 32.3. The Hall–Kier alpha value is -3.01. The highest BCUT2D eigenvalue weighted by Crippen LogP contribution is 2.54. The van der Waals surface area contributed by atoms with Crippen molar-refractivity contribution in [3.8, 4) is 0 Å². The van der Waals surface area contributed by atoms with Gasteiger partial charge in [0.1, 0.15) is 23.0 Å². The van der Waals surface area contributed by atoms with Crippen molar-refractivity contribution in [1.29, 1.82) is 0 Å². The topological polar surface area (TPSA) is 668 Å². The minimum absolute atomic E-state index is 0.0193. The van der Waals surface area contributed by atoms with Crippen molar-refractivity contribution in [3.63, 3.8) is 0 Å². The molecule has 772 valence electrons. The largest absolute Gasteiger partial charge is 0.478 e. The molecule has 1 aromatic heterocycles. The average molecular weight is 2040 g/mol. The standard InChI is InChI=1S/C16H20N2O5S.C13H23NO4S.C11H21NO3S.C10H21NO3S.C9H21NO3S.C8H19NO5S.C8H17NO4S.C8H19NO4S/c19-16(20)11-3-4-14-13(9-11)12-5-7-18(10-15(12)17-14)6-1-2-8-24(21,22)23;15-12(7-19(16,17)18)6-14-13-10-2-8-1-9(4-10)5-11(13)3-8;1-8(7-16(13,14)15)6-12-11-5-9-2-3-10(11)4-9;1-9(15(12,13)14)7-8-11-10-5-3-2-4-6-10;1-8(2)4-6-10-7-5-9(3)14(11,12)13;1-2-3-7(5-10)9-4-8(11)6-15(12,13)14;10-8(7-14(11,12)13)6-9-4-2-1-3-5-9;1-7(2)3-4-9-5-8(10)6-14(11,12)13/h3-4,9,17H,1-2,5-8,10H2,(H,19,20)(H,21,22,23);8-15H,1-7H2,(H,16,17,18);8-12H,2-7H2,1H3,(H,13,14,15);9-11H,2-8H2,1H3,(H,12,13,14);8-10H,4-7H2,1-3H3,(H,11,12,13);7-11H,2-6H2,1H3,(H,12,13,14);8,10H,1-7H2,(H,11,12,13);7-10H,3-6H2,1-2H3,(H,11,12,13). The molecular weight excluding hydrogens is 1880 g/mol. The number of nitrogens with one attached hydrogen (secondary N) is 7. The van der Waals surface area contributed by atoms with Crippen molar-refractivity contribution in [2.75, 3.05) is 126 Å². The Kier molecular flexibility index (Phi) is 56.1. The Bertz CT molecular complexity index is 4520. The first-order chi connectivity index (χ1) is 60.7. The Balaban J connectivity index is 0.000000389. The maximum Gasteiger partial charge on any atom is 0.335 e. The van der Waals surface area contributed by atoms with E-state index in [0.29, 0.717) is 93.7 Å². The zero-order chi connectivity index (χ0) is 98.9. The number of hydrogen-bond acceptors (Lipinski definition) is 30. The molecule has 11 unspecified atom stereocenters. The second-order valence-corrected chi connectivity index (χ2v) is 50.7. The van der Waals surface area contributed by atoms with E-state index >= 15 is 0 Å². The second kappa shape index (κ2) is 60.2. The van der Waals surface area contributed by atoms with Gasteiger partial charge < -0.3 is 72.4 Å². The predicted molar refractivity (Wildman–Crippen MR) is 506 cm³/mol. The van der Waals surface area contributed by atoms with Crippen LogP contribution in [0, 0.1) is 53.3 Å². The first-order valence-electron chi connectivity index (χ1n) is 46.3. The van der Waals surface area contributed by atoms with Gasteiger partial charge in [0, 0.05) is 80.0 Å². The number of aromatic amines is 1. The number of carboxylic acid groups (broad SMARTS) is 1. The molecule has 21 N–H and O–H groups in total. The molecule has 2 aliphatic heterocycles. The second-order valence-electron chi connectivity index (χ2n) is 38.0. The van der Waals surface area contributed by atoms with E-state index in [1.807, 2.05) is 18.7 Å². The number of fused-ring (bicyclic) bond motifs is 5. The van der Waals surface area contributed by atoms with E-state index in [-0.39, 0.29) is 55.3 Å². The highest BCUT2D eigenvalue weighted by atomic mass is 32.2. The monoisotopic (exact) mass is 2040 g/mol. The van der Waals surface area contributed by atoms with Crippen LogP contribution in [0.15, 0.2) is 18.2 Å². The summed E-state index contributed by atoms with van der Waals surface area (Å²) < 4.78 is 238. The maximum absolute atomic E-state index is 11.1. The summed E-state index contributed by atoms with van der Waals surface area (Å²) in [4.78, 5) is 18.7. The summed E-state index contributed by atoms with van der Waals surface area (Å²) in [6.45, 7) is 23.8. The zero-order valence-corrected chi connectivity index (χ0v) is 84.3. The number of H-pyrrole nitrogens is 1. The molecule has 11 rings (SSSR count). The van der Waals surface area contributed by atoms with Crippen LogP contribution < -0.4 is 31.9 Å². The van der Waals surface area contributed by atoms with Gasteiger partial charge in [0.15, 0.2) is 0 Å². The lowest BCUT2D eigenvalue weighted by Crippen LogP contribution is -2.55. The molecule has 11 atom stereocenters. The molecule has 9 aliphatic rings. The smallest absolute Gasteiger partial charge is 0.335 e. The van der Waals surface area contributed by atoms with Crippen LogP contribution in [0.4, 0.5) is 0 Å². The lowest BCUT2D eigenvalue weighted by atomic mass is 9.54. The Labute approximate surface area is 780 Å². The molecule has 2 aromatic rings. The molecule has 7 saturated carbocycles. The van der Waals surface area contributed by atoms with E-state index in [1.54, 1.807) is 18.2 Å². The summed E-state index contributed by atoms with van der Waals surface area (Å²) in [5.41, 5.74) is 3.49. The molecule has 8 fully saturated rings. The number of carbonyl (C=O) groups is 1. The number of β-amino-alcohol motifs (C(OH)–C–C–N with tert-alkyl or cyclic N) is 1. The summed E-state index contributed by atoms with van der Waals surface area (Å²) in [6.07, 6.45) is 23.9. The fourth-order valence-corrected chi connectivity index (χ4v) is 22.8. The number of carboxylic acids is 1. The third-order valence-electron chi connectivity index (χ3n) is 24.7. The molecular formula is C83H161N9O31S8. The first kappa shape index (κ1) is 122. The van der Waals surface area contributed by atoms with Crippen LogP contribution in [0.1, 0.15) is 238 Å². The van der Waals surface area contributed by atoms with Gasteiger partial charge in [0.05, 0.1) is 58.6 Å². The van der Waals surface area contributed by atoms with Crippen LogP contribution in [-0.4, -0.2) is 340 Å². The van der Waals surface area contributed by atoms with Crippen molar-refractivity contribution < 1.29 is 139 Å². The van der Waals surface area contributed by atoms with Gasteiger partial charge in [0.25, 0.3) is 80.9 Å². The Morgan fingerprint density at radius 2 is 0.977 bits per heavy atom. The van der Waals surface area contributed by atoms with E-state index in [1.165, 1.54) is 116 Å². The van der Waals surface area contributed by atoms with Crippen molar-refractivity contribution >= 4 is 97.8 Å². The lowest BCUT2D eigenvalue weighted by Gasteiger charge is -2.54. The fourth-order valence-electron chi connectivity index (χ4n) is 18.2. The van der Waals surface area contributed by atoms with Crippen LogP contribution in [0.25, 0.3) is 10.9 Å². The SMILES string of the molecule is CC(C)CCNCC(O)CS(=O)(=O)O.CC(C)CCNCCC(C)S(=O)(=O)O.CC(CCNC1CCCCC1)S(=O)(=O)O.CC(CNC1CC2CCC1C2)CS(=O)(=O)O.CCCC(CO)NCC(O)CS(=O)(=O)O.O=C(O)c1ccc2[nH]c3c(c2c1)CCN(CCCCS(=O)(=O)O)C3.O=S(=O)(O)CC(O)CN1CCCCC1.O=S(=O)(O)CC(O)CNC1C2CC3CC(C2)CC1C3. The third kappa shape index (κ3) is 57.4. The van der Waals surface area contributed by atoms with Crippen LogP contribution in [-0.2, 0) is 93.9 Å². The first-order valence-corrected chi connectivity index (χ1v) is 59.0. The molecule has 0 spiro atoms. The van der Waals surface area contributed by atoms with E-state index in [0.717, 1.165) is 131 Å². The zero-order valence-electron chi connectivity index (χ0n) is 77.8. The van der Waals surface area contributed by atoms with E-state index in [9.17, 15) is 87.5 Å². The van der Waals surface area contributed by atoms with Gasteiger partial charge >= 0.3 is 5.97 Å². The minimum Gasteiger partial charge on any atom is -0.478 e. The van der Waals surface area contributed by atoms with Crippen LogP contribution in [0.5, 0.6) is 0 Å². The quantitative estimate of drug-likeness (QED) is 0.0296. The molecule has 0 radical (unpaired) electrons. The highest BCUT2D eigenvalue weighted by Gasteiger charge is 2.48. The highest BCUT2D eigenvalue weighted by molar-refractivity contribution is 7.87. The minimum atomic E-state index is -4.14. The number of nitrogens with zero attached hydrogens (tertiary/aromatic N) is 2. The Morgan fingerprint density at radius 3 is 1.46 bits per heavy atom. The van der Waals surface area contributed by atoms with E-state index < -0.39 is 145 Å². The number of aromatic carboxylic acids is 1. The molecule has 40 nitrogen and oxygen atoms in total. The number of likely N-dealkylation sites (tertiary alicyclic amines) is 1. The van der Waals surface area contributed by atoms with Crippen LogP contribution >= 0.6 is 0 Å². The number of unbranched alkanes of at least 4 members (excludes halogenated alkanes) is 1. The number of benzene rings is 1. The molecule has 1 saturated heterocycles. The molecule has 1 aromatic carbocycles. The van der Waals surface area contributed by atoms with Gasteiger partial charge in [-0.1, -0.05) is 80.1 Å². The fraction of sp³-hybridized carbons (Fsp3) is 0.892. The lowest BCUT2D eigenvalue weighted by molar-refractivity contribution is -0.0166. The maximum atomic E-state index is 11.1. The van der Waals surface area contributed by atoms with Crippen molar-refractivity contribution in [1.82, 2.24) is 46.7 Å². The molecule has 131 heavy (non-hydrogen) atoms. The van der Waals surface area contributed by atoms with Crippen LogP contribution in [0.3, 0.4) is 0 Å². The number of aliphatic hydroxyl groups excluding tert-OH is 5. The van der Waals surface area contributed by atoms with Gasteiger partial charge in [-0.15, -0.1) is 0 Å². The number of piperidine rings is 1. The summed E-state index contributed by atoms with van der Waals surface area (Å²) in [7, 11) is -31.7. The summed E-state index contributed by atoms with van der Waals surface area (Å²) in [5, 5.41) is 74.1. The van der Waals surface area contributed by atoms with Gasteiger partial charge in [-0.3, -0.25) is 41.3 Å². The van der Waals surface area contributed by atoms with Crippen molar-refractivity contribution in [3.05, 3.63) is 35.0 Å². The molecule has 3 heterocycles. The van der Waals surface area contributed by atoms with Gasteiger partial charge in [0.2, 0.25) is 0 Å². The van der Waals surface area contributed by atoms with Crippen molar-refractivity contribution in [2.45, 2.75) is 288 Å². The summed E-state index contributed by atoms with van der Waals surface area (Å²) >= 11 is 0. The Morgan fingerprint density at radius 1 is 0.481 bits per heavy atom. The summed E-state index contributed by atoms with van der Waals surface area (Å²) in [5.74, 6) is 2.43. The number of rotatable bonds is 47. The number of hydrogen-bond donors (Lipinski definition) is 21. The number of aliphatic hydroxyl groups is 5. The van der Waals surface area contributed by atoms with E-state index in [2.05, 4.69) is 69.5 Å². The van der Waals surface area contributed by atoms with Gasteiger partial charge in [-0.05, 0) is 272 Å². The molecule has 48 heteroatoms. The summed E-state index contributed by atoms with van der Waals surface area (Å²) in [6, 6.07) is 6.53.